The molecule has 0 fully saturated rings. The van der Waals surface area contributed by atoms with Gasteiger partial charge in [-0.1, -0.05) is 19.1 Å². The summed E-state index contributed by atoms with van der Waals surface area (Å²) in [7, 11) is 3.20. The number of hydrogen-bond donors (Lipinski definition) is 1. The van der Waals surface area contributed by atoms with Crippen molar-refractivity contribution in [3.05, 3.63) is 48.0 Å². The molecule has 0 bridgehead atoms. The summed E-state index contributed by atoms with van der Waals surface area (Å²) < 4.78 is 22.7. The summed E-state index contributed by atoms with van der Waals surface area (Å²) in [5, 5.41) is 3.15. The molecule has 0 radical (unpaired) electrons. The van der Waals surface area contributed by atoms with Crippen molar-refractivity contribution < 1.29 is 23.7 Å². The predicted octanol–water partition coefficient (Wildman–Crippen LogP) is 4.28. The highest BCUT2D eigenvalue weighted by Gasteiger charge is 2.36. The molecule has 1 aliphatic heterocycles. The largest absolute Gasteiger partial charge is 0.497 e. The molecule has 6 nitrogen and oxygen atoms in total. The van der Waals surface area contributed by atoms with E-state index in [9.17, 15) is 4.79 Å². The maximum Gasteiger partial charge on any atom is 0.261 e. The minimum atomic E-state index is -0.626. The molecule has 1 amide bonds. The normalized spacial score (nSPS) is 18.0. The Morgan fingerprint density at radius 3 is 2.55 bits per heavy atom. The fraction of sp³-hybridized carbons (Fsp3) is 0.435. The van der Waals surface area contributed by atoms with Crippen LogP contribution in [0, 0.1) is 0 Å². The standard InChI is InChI=1S/C23H29NO5/c1-6-18(28-20-10-8-7-9-19(20)27-5)22(25)24-17-14-23(2,3)29-21-13-15(26-4)11-12-16(17)21/h7-13,17-18H,6,14H2,1-5H3,(H,24,25)/t17-,18+/m1/s1. The molecular formula is C23H29NO5. The minimum Gasteiger partial charge on any atom is -0.497 e. The summed E-state index contributed by atoms with van der Waals surface area (Å²) in [6.07, 6.45) is 0.564. The van der Waals surface area contributed by atoms with Gasteiger partial charge in [-0.25, -0.2) is 0 Å². The van der Waals surface area contributed by atoms with Crippen molar-refractivity contribution in [3.63, 3.8) is 0 Å². The third-order valence-corrected chi connectivity index (χ3v) is 5.00. The number of ether oxygens (including phenoxy) is 4. The summed E-state index contributed by atoms with van der Waals surface area (Å²) in [4.78, 5) is 13.0. The van der Waals surface area contributed by atoms with Crippen molar-refractivity contribution in [1.82, 2.24) is 5.32 Å². The van der Waals surface area contributed by atoms with Crippen LogP contribution in [-0.4, -0.2) is 31.8 Å². The van der Waals surface area contributed by atoms with Gasteiger partial charge in [-0.3, -0.25) is 4.79 Å². The molecule has 1 aliphatic rings. The van der Waals surface area contributed by atoms with Crippen LogP contribution in [0.2, 0.25) is 0 Å². The van der Waals surface area contributed by atoms with Gasteiger partial charge >= 0.3 is 0 Å². The van der Waals surface area contributed by atoms with Crippen LogP contribution in [0.25, 0.3) is 0 Å². The monoisotopic (exact) mass is 399 g/mol. The zero-order valence-corrected chi connectivity index (χ0v) is 17.7. The number of para-hydroxylation sites is 2. The van der Waals surface area contributed by atoms with Gasteiger partial charge in [0.1, 0.15) is 17.1 Å². The van der Waals surface area contributed by atoms with Crippen molar-refractivity contribution in [1.29, 1.82) is 0 Å². The fourth-order valence-corrected chi connectivity index (χ4v) is 3.54. The molecular weight excluding hydrogens is 370 g/mol. The average Bonchev–Trinajstić information content (AvgIpc) is 2.70. The lowest BCUT2D eigenvalue weighted by Gasteiger charge is -2.38. The molecule has 0 saturated carbocycles. The van der Waals surface area contributed by atoms with E-state index in [4.69, 9.17) is 18.9 Å². The summed E-state index contributed by atoms with van der Waals surface area (Å²) >= 11 is 0. The smallest absolute Gasteiger partial charge is 0.261 e. The molecule has 0 spiro atoms. The molecule has 0 unspecified atom stereocenters. The maximum atomic E-state index is 13.0. The Hall–Kier alpha value is -2.89. The van der Waals surface area contributed by atoms with E-state index < -0.39 is 11.7 Å². The number of carbonyl (C=O) groups excluding carboxylic acids is 1. The van der Waals surface area contributed by atoms with Crippen LogP contribution < -0.4 is 24.3 Å². The van der Waals surface area contributed by atoms with Crippen molar-refractivity contribution in [2.24, 2.45) is 0 Å². The van der Waals surface area contributed by atoms with Gasteiger partial charge in [-0.2, -0.15) is 0 Å². The van der Waals surface area contributed by atoms with Gasteiger partial charge in [0.2, 0.25) is 0 Å². The van der Waals surface area contributed by atoms with Crippen LogP contribution in [0.4, 0.5) is 0 Å². The van der Waals surface area contributed by atoms with Gasteiger partial charge in [-0.05, 0) is 44.5 Å². The minimum absolute atomic E-state index is 0.164. The first-order chi connectivity index (χ1) is 13.9. The molecule has 2 atom stereocenters. The SMILES string of the molecule is CC[C@H](Oc1ccccc1OC)C(=O)N[C@@H]1CC(C)(C)Oc2cc(OC)ccc21. The summed E-state index contributed by atoms with van der Waals surface area (Å²) in [6.45, 7) is 5.95. The number of nitrogens with one attached hydrogen (secondary N) is 1. The van der Waals surface area contributed by atoms with E-state index >= 15 is 0 Å². The molecule has 2 aromatic carbocycles. The zero-order valence-electron chi connectivity index (χ0n) is 17.7. The second-order valence-electron chi connectivity index (χ2n) is 7.70. The van der Waals surface area contributed by atoms with Gasteiger partial charge in [0.15, 0.2) is 17.6 Å². The van der Waals surface area contributed by atoms with Crippen LogP contribution >= 0.6 is 0 Å². The van der Waals surface area contributed by atoms with Crippen molar-refractivity contribution >= 4 is 5.91 Å². The highest BCUT2D eigenvalue weighted by Crippen LogP contribution is 2.41. The van der Waals surface area contributed by atoms with Crippen LogP contribution in [-0.2, 0) is 4.79 Å². The number of benzene rings is 2. The van der Waals surface area contributed by atoms with E-state index in [2.05, 4.69) is 5.32 Å². The summed E-state index contributed by atoms with van der Waals surface area (Å²) in [6, 6.07) is 12.8. The molecule has 1 N–H and O–H groups in total. The van der Waals surface area contributed by atoms with E-state index in [1.165, 1.54) is 0 Å². The predicted molar refractivity (Wildman–Crippen MR) is 111 cm³/mol. The third-order valence-electron chi connectivity index (χ3n) is 5.00. The molecule has 29 heavy (non-hydrogen) atoms. The Morgan fingerprint density at radius 1 is 1.17 bits per heavy atom. The zero-order chi connectivity index (χ0) is 21.0. The molecule has 6 heteroatoms. The summed E-state index contributed by atoms with van der Waals surface area (Å²) in [5.41, 5.74) is 0.522. The quantitative estimate of drug-likeness (QED) is 0.753. The molecule has 0 aliphatic carbocycles. The number of hydrogen-bond acceptors (Lipinski definition) is 5. The Kier molecular flexibility index (Phi) is 6.20. The number of carbonyl (C=O) groups is 1. The van der Waals surface area contributed by atoms with E-state index in [0.717, 1.165) is 17.1 Å². The Labute approximate surface area is 172 Å². The average molecular weight is 399 g/mol. The van der Waals surface area contributed by atoms with E-state index in [-0.39, 0.29) is 11.9 Å². The molecule has 156 valence electrons. The second-order valence-corrected chi connectivity index (χ2v) is 7.70. The molecule has 1 heterocycles. The lowest BCUT2D eigenvalue weighted by Crippen LogP contribution is -2.45. The number of amides is 1. The first kappa shape index (κ1) is 20.8. The number of fused-ring (bicyclic) bond motifs is 1. The van der Waals surface area contributed by atoms with Crippen LogP contribution in [0.5, 0.6) is 23.0 Å². The molecule has 0 aromatic heterocycles. The highest BCUT2D eigenvalue weighted by molar-refractivity contribution is 5.81. The lowest BCUT2D eigenvalue weighted by molar-refractivity contribution is -0.129. The Balaban J connectivity index is 1.80. The van der Waals surface area contributed by atoms with Gasteiger partial charge in [0.05, 0.1) is 20.3 Å². The number of methoxy groups -OCH3 is 2. The lowest BCUT2D eigenvalue weighted by atomic mass is 9.89. The van der Waals surface area contributed by atoms with Gasteiger partial charge in [-0.15, -0.1) is 0 Å². The topological polar surface area (TPSA) is 66.0 Å². The van der Waals surface area contributed by atoms with E-state index in [0.29, 0.717) is 24.3 Å². The Bertz CT molecular complexity index is 864. The van der Waals surface area contributed by atoms with E-state index in [1.54, 1.807) is 20.3 Å². The Morgan fingerprint density at radius 2 is 1.90 bits per heavy atom. The van der Waals surface area contributed by atoms with Crippen LogP contribution in [0.1, 0.15) is 45.2 Å². The van der Waals surface area contributed by atoms with E-state index in [1.807, 2.05) is 57.2 Å². The molecule has 0 saturated heterocycles. The van der Waals surface area contributed by atoms with Crippen molar-refractivity contribution in [2.75, 3.05) is 14.2 Å². The summed E-state index contributed by atoms with van der Waals surface area (Å²) in [5.74, 6) is 2.43. The third kappa shape index (κ3) is 4.75. The van der Waals surface area contributed by atoms with Gasteiger partial charge in [0.25, 0.3) is 5.91 Å². The first-order valence-corrected chi connectivity index (χ1v) is 9.84. The maximum absolute atomic E-state index is 13.0. The molecule has 3 rings (SSSR count). The first-order valence-electron chi connectivity index (χ1n) is 9.84. The van der Waals surface area contributed by atoms with Gasteiger partial charge < -0.3 is 24.3 Å². The number of rotatable bonds is 7. The van der Waals surface area contributed by atoms with Crippen LogP contribution in [0.3, 0.4) is 0 Å². The highest BCUT2D eigenvalue weighted by atomic mass is 16.5. The van der Waals surface area contributed by atoms with Crippen LogP contribution in [0.15, 0.2) is 42.5 Å². The van der Waals surface area contributed by atoms with Crippen molar-refractivity contribution in [2.45, 2.75) is 51.4 Å². The second kappa shape index (κ2) is 8.64. The fourth-order valence-electron chi connectivity index (χ4n) is 3.54. The van der Waals surface area contributed by atoms with Crippen molar-refractivity contribution in [3.8, 4) is 23.0 Å². The molecule has 2 aromatic rings. The van der Waals surface area contributed by atoms with Gasteiger partial charge in [0, 0.05) is 18.1 Å².